The van der Waals surface area contributed by atoms with Crippen molar-refractivity contribution in [2.45, 2.75) is 31.2 Å². The number of rotatable bonds is 1. The van der Waals surface area contributed by atoms with Crippen LogP contribution >= 0.6 is 12.4 Å². The molecule has 0 fully saturated rings. The van der Waals surface area contributed by atoms with Crippen molar-refractivity contribution in [2.24, 2.45) is 0 Å². The normalized spacial score (nSPS) is 25.2. The Morgan fingerprint density at radius 3 is 2.78 bits per heavy atom. The number of carbonyl (C=O) groups excluding carboxylic acids is 1. The third-order valence-corrected chi connectivity index (χ3v) is 4.05. The second-order valence-electron chi connectivity index (χ2n) is 5.38. The van der Waals surface area contributed by atoms with E-state index in [1.54, 1.807) is 0 Å². The summed E-state index contributed by atoms with van der Waals surface area (Å²) >= 11 is 0. The molecule has 3 rings (SSSR count). The van der Waals surface area contributed by atoms with Gasteiger partial charge in [-0.2, -0.15) is 0 Å². The molecule has 0 saturated carbocycles. The minimum Gasteiger partial charge on any atom is -0.326 e. The van der Waals surface area contributed by atoms with E-state index in [-0.39, 0.29) is 18.3 Å². The van der Waals surface area contributed by atoms with Gasteiger partial charge in [0.1, 0.15) is 0 Å². The van der Waals surface area contributed by atoms with Gasteiger partial charge in [0, 0.05) is 18.2 Å². The Hall–Kier alpha value is -1.06. The molecule has 1 aromatic rings. The SMILES string of the molecule is CN(C)[C@@H]1Cc2cccc3c2[C@H](CC(=O)N3)C1.Cl. The Labute approximate surface area is 114 Å². The van der Waals surface area contributed by atoms with Gasteiger partial charge in [0.2, 0.25) is 5.91 Å². The molecular weight excluding hydrogens is 248 g/mol. The molecule has 1 heterocycles. The van der Waals surface area contributed by atoms with Crippen LogP contribution in [0.3, 0.4) is 0 Å². The molecule has 1 aromatic carbocycles. The molecule has 1 amide bonds. The van der Waals surface area contributed by atoms with Crippen LogP contribution in [-0.4, -0.2) is 30.9 Å². The second-order valence-corrected chi connectivity index (χ2v) is 5.38. The van der Waals surface area contributed by atoms with E-state index in [2.05, 4.69) is 36.4 Å². The van der Waals surface area contributed by atoms with Gasteiger partial charge in [-0.15, -0.1) is 12.4 Å². The van der Waals surface area contributed by atoms with Crippen molar-refractivity contribution >= 4 is 24.0 Å². The van der Waals surface area contributed by atoms with E-state index in [0.29, 0.717) is 18.4 Å². The number of amides is 1. The summed E-state index contributed by atoms with van der Waals surface area (Å²) in [5.41, 5.74) is 3.85. The first-order valence-corrected chi connectivity index (χ1v) is 6.23. The molecule has 0 radical (unpaired) electrons. The molecule has 0 aromatic heterocycles. The maximum absolute atomic E-state index is 11.7. The molecule has 0 saturated heterocycles. The summed E-state index contributed by atoms with van der Waals surface area (Å²) in [6.45, 7) is 0. The molecule has 2 aliphatic rings. The fourth-order valence-electron chi connectivity index (χ4n) is 3.17. The van der Waals surface area contributed by atoms with E-state index in [0.717, 1.165) is 18.5 Å². The lowest BCUT2D eigenvalue weighted by atomic mass is 9.75. The molecular formula is C14H19ClN2O. The number of hydrogen-bond donors (Lipinski definition) is 1. The average Bonchev–Trinajstić information content (AvgIpc) is 2.28. The standard InChI is InChI=1S/C14H18N2O.ClH/c1-16(2)11-6-9-4-3-5-12-14(9)10(7-11)8-13(17)15-12;/h3-5,10-11H,6-8H2,1-2H3,(H,15,17);1H/t10-,11+;/m0./s1. The van der Waals surface area contributed by atoms with Crippen LogP contribution in [0.1, 0.15) is 29.9 Å². The zero-order valence-electron chi connectivity index (χ0n) is 10.8. The van der Waals surface area contributed by atoms with Crippen LogP contribution < -0.4 is 5.32 Å². The molecule has 2 atom stereocenters. The van der Waals surface area contributed by atoms with E-state index in [1.165, 1.54) is 11.1 Å². The van der Waals surface area contributed by atoms with E-state index in [9.17, 15) is 4.79 Å². The van der Waals surface area contributed by atoms with Crippen molar-refractivity contribution in [2.75, 3.05) is 19.4 Å². The number of likely N-dealkylation sites (N-methyl/N-ethyl adjacent to an activating group) is 1. The maximum atomic E-state index is 11.7. The average molecular weight is 267 g/mol. The van der Waals surface area contributed by atoms with Crippen molar-refractivity contribution in [3.63, 3.8) is 0 Å². The van der Waals surface area contributed by atoms with E-state index >= 15 is 0 Å². The predicted octanol–water partition coefficient (Wildman–Crippen LogP) is 2.41. The molecule has 4 heteroatoms. The maximum Gasteiger partial charge on any atom is 0.224 e. The molecule has 98 valence electrons. The van der Waals surface area contributed by atoms with Gasteiger partial charge in [-0.25, -0.2) is 0 Å². The summed E-state index contributed by atoms with van der Waals surface area (Å²) in [5.74, 6) is 0.579. The molecule has 1 aliphatic carbocycles. The van der Waals surface area contributed by atoms with Crippen molar-refractivity contribution in [1.82, 2.24) is 4.90 Å². The van der Waals surface area contributed by atoms with Gasteiger partial charge in [0.25, 0.3) is 0 Å². The van der Waals surface area contributed by atoms with Crippen LogP contribution in [0.5, 0.6) is 0 Å². The van der Waals surface area contributed by atoms with Gasteiger partial charge < -0.3 is 10.2 Å². The number of carbonyl (C=O) groups is 1. The number of nitrogens with zero attached hydrogens (tertiary/aromatic N) is 1. The minimum atomic E-state index is 0. The van der Waals surface area contributed by atoms with Crippen LogP contribution in [0.15, 0.2) is 18.2 Å². The van der Waals surface area contributed by atoms with Gasteiger partial charge in [-0.1, -0.05) is 12.1 Å². The van der Waals surface area contributed by atoms with Crippen LogP contribution in [0.4, 0.5) is 5.69 Å². The molecule has 0 unspecified atom stereocenters. The Balaban J connectivity index is 0.00000120. The molecule has 3 nitrogen and oxygen atoms in total. The van der Waals surface area contributed by atoms with E-state index < -0.39 is 0 Å². The topological polar surface area (TPSA) is 32.3 Å². The minimum absolute atomic E-state index is 0. The first-order valence-electron chi connectivity index (χ1n) is 6.23. The van der Waals surface area contributed by atoms with Crippen molar-refractivity contribution < 1.29 is 4.79 Å². The smallest absolute Gasteiger partial charge is 0.224 e. The number of anilines is 1. The Morgan fingerprint density at radius 1 is 1.28 bits per heavy atom. The first-order chi connectivity index (χ1) is 8.15. The largest absolute Gasteiger partial charge is 0.326 e. The van der Waals surface area contributed by atoms with Crippen LogP contribution in [-0.2, 0) is 11.2 Å². The van der Waals surface area contributed by atoms with E-state index in [4.69, 9.17) is 0 Å². The highest BCUT2D eigenvalue weighted by atomic mass is 35.5. The zero-order chi connectivity index (χ0) is 12.0. The number of halogens is 1. The summed E-state index contributed by atoms with van der Waals surface area (Å²) in [6, 6.07) is 6.85. The highest BCUT2D eigenvalue weighted by molar-refractivity contribution is 5.95. The number of benzene rings is 1. The van der Waals surface area contributed by atoms with Gasteiger partial charge in [-0.05, 0) is 50.0 Å². The third-order valence-electron chi connectivity index (χ3n) is 4.05. The van der Waals surface area contributed by atoms with E-state index in [1.807, 2.05) is 6.07 Å². The fraction of sp³-hybridized carbons (Fsp3) is 0.500. The number of hydrogen-bond acceptors (Lipinski definition) is 2. The zero-order valence-corrected chi connectivity index (χ0v) is 11.6. The summed E-state index contributed by atoms with van der Waals surface area (Å²) in [5, 5.41) is 2.99. The lowest BCUT2D eigenvalue weighted by Gasteiger charge is -2.38. The van der Waals surface area contributed by atoms with Crippen molar-refractivity contribution in [3.8, 4) is 0 Å². The molecule has 1 N–H and O–H groups in total. The first kappa shape index (κ1) is 13.4. The summed E-state index contributed by atoms with van der Waals surface area (Å²) in [7, 11) is 4.25. The lowest BCUT2D eigenvalue weighted by molar-refractivity contribution is -0.117. The van der Waals surface area contributed by atoms with Gasteiger partial charge in [0.15, 0.2) is 0 Å². The molecule has 0 spiro atoms. The third kappa shape index (κ3) is 2.13. The highest BCUT2D eigenvalue weighted by Gasteiger charge is 2.34. The molecule has 18 heavy (non-hydrogen) atoms. The van der Waals surface area contributed by atoms with Crippen LogP contribution in [0, 0.1) is 0 Å². The quantitative estimate of drug-likeness (QED) is 0.847. The van der Waals surface area contributed by atoms with Crippen LogP contribution in [0.2, 0.25) is 0 Å². The fourth-order valence-corrected chi connectivity index (χ4v) is 3.17. The Morgan fingerprint density at radius 2 is 2.06 bits per heavy atom. The lowest BCUT2D eigenvalue weighted by Crippen LogP contribution is -2.38. The second kappa shape index (κ2) is 4.90. The molecule has 1 aliphatic heterocycles. The monoisotopic (exact) mass is 266 g/mol. The Kier molecular flexibility index (Phi) is 3.64. The number of nitrogens with one attached hydrogen (secondary N) is 1. The van der Waals surface area contributed by atoms with Crippen molar-refractivity contribution in [3.05, 3.63) is 29.3 Å². The van der Waals surface area contributed by atoms with Crippen molar-refractivity contribution in [1.29, 1.82) is 0 Å². The Bertz CT molecular complexity index is 473. The summed E-state index contributed by atoms with van der Waals surface area (Å²) in [6.07, 6.45) is 2.85. The molecule has 0 bridgehead atoms. The van der Waals surface area contributed by atoms with Gasteiger partial charge in [-0.3, -0.25) is 4.79 Å². The summed E-state index contributed by atoms with van der Waals surface area (Å²) in [4.78, 5) is 14.0. The van der Waals surface area contributed by atoms with Gasteiger partial charge in [0.05, 0.1) is 0 Å². The van der Waals surface area contributed by atoms with Gasteiger partial charge >= 0.3 is 0 Å². The highest BCUT2D eigenvalue weighted by Crippen LogP contribution is 2.42. The summed E-state index contributed by atoms with van der Waals surface area (Å²) < 4.78 is 0. The van der Waals surface area contributed by atoms with Crippen LogP contribution in [0.25, 0.3) is 0 Å². The predicted molar refractivity (Wildman–Crippen MR) is 75.5 cm³/mol.